The Hall–Kier alpha value is -2.82. The highest BCUT2D eigenvalue weighted by molar-refractivity contribution is 7.89. The number of rotatable bonds is 9. The van der Waals surface area contributed by atoms with E-state index < -0.39 is 10.0 Å². The molecule has 7 nitrogen and oxygen atoms in total. The molecule has 1 N–H and O–H groups in total. The molecule has 2 aromatic carbocycles. The zero-order valence-electron chi connectivity index (χ0n) is 17.7. The number of aromatic nitrogens is 3. The topological polar surface area (TPSA) is 85.6 Å². The van der Waals surface area contributed by atoms with Crippen LogP contribution in [0.15, 0.2) is 52.7 Å². The highest BCUT2D eigenvalue weighted by atomic mass is 32.2. The fourth-order valence-corrected chi connectivity index (χ4v) is 5.19. The van der Waals surface area contributed by atoms with Gasteiger partial charge in [-0.25, -0.2) is 22.0 Å². The molecule has 0 atom stereocenters. The third-order valence-electron chi connectivity index (χ3n) is 4.86. The van der Waals surface area contributed by atoms with E-state index in [1.54, 1.807) is 40.9 Å². The second-order valence-corrected chi connectivity index (χ2v) is 9.86. The second kappa shape index (κ2) is 9.35. The van der Waals surface area contributed by atoms with Crippen LogP contribution in [0.5, 0.6) is 5.75 Å². The highest BCUT2D eigenvalue weighted by Gasteiger charge is 2.17. The number of nitrogens with zero attached hydrogens (tertiary/aromatic N) is 3. The summed E-state index contributed by atoms with van der Waals surface area (Å²) in [6.07, 6.45) is 1.29. The van der Waals surface area contributed by atoms with Gasteiger partial charge in [0.15, 0.2) is 5.82 Å². The number of sulfonamides is 1. The molecule has 168 valence electrons. The van der Waals surface area contributed by atoms with Crippen molar-refractivity contribution in [3.8, 4) is 17.1 Å². The van der Waals surface area contributed by atoms with Crippen molar-refractivity contribution in [1.82, 2.24) is 19.3 Å². The molecule has 2 heterocycles. The van der Waals surface area contributed by atoms with Gasteiger partial charge in [-0.1, -0.05) is 19.1 Å². The first-order valence-corrected chi connectivity index (χ1v) is 12.6. The smallest absolute Gasteiger partial charge is 0.240 e. The Morgan fingerprint density at radius 2 is 2.03 bits per heavy atom. The highest BCUT2D eigenvalue weighted by Crippen LogP contribution is 2.24. The first-order chi connectivity index (χ1) is 15.4. The van der Waals surface area contributed by atoms with Crippen LogP contribution >= 0.6 is 11.3 Å². The van der Waals surface area contributed by atoms with Crippen LogP contribution in [0.1, 0.15) is 24.6 Å². The minimum atomic E-state index is -3.67. The minimum absolute atomic E-state index is 0.191. The molecule has 0 spiro atoms. The van der Waals surface area contributed by atoms with Crippen LogP contribution in [0.4, 0.5) is 4.39 Å². The molecule has 0 aliphatic heterocycles. The van der Waals surface area contributed by atoms with E-state index in [4.69, 9.17) is 4.74 Å². The van der Waals surface area contributed by atoms with Gasteiger partial charge in [0.1, 0.15) is 11.6 Å². The molecule has 0 amide bonds. The lowest BCUT2D eigenvalue weighted by Gasteiger charge is -2.11. The lowest BCUT2D eigenvalue weighted by Crippen LogP contribution is -2.26. The number of hydrogen-bond acceptors (Lipinski definition) is 6. The van der Waals surface area contributed by atoms with Crippen LogP contribution in [0, 0.1) is 12.7 Å². The number of ether oxygens (including phenoxy) is 1. The second-order valence-electron chi connectivity index (χ2n) is 7.26. The molecule has 4 aromatic rings. The van der Waals surface area contributed by atoms with Gasteiger partial charge < -0.3 is 4.74 Å². The maximum atomic E-state index is 14.0. The Balaban J connectivity index is 1.45. The van der Waals surface area contributed by atoms with E-state index in [1.165, 1.54) is 17.4 Å². The Labute approximate surface area is 189 Å². The molecule has 0 bridgehead atoms. The summed E-state index contributed by atoms with van der Waals surface area (Å²) in [6, 6.07) is 11.2. The molecule has 0 aliphatic rings. The first-order valence-electron chi connectivity index (χ1n) is 10.2. The van der Waals surface area contributed by atoms with Crippen LogP contribution in [-0.4, -0.2) is 36.2 Å². The molecule has 4 rings (SSSR count). The first kappa shape index (κ1) is 22.4. The van der Waals surface area contributed by atoms with Crippen LogP contribution in [0.25, 0.3) is 16.3 Å². The van der Waals surface area contributed by atoms with Crippen molar-refractivity contribution >= 4 is 26.3 Å². The number of thiazole rings is 1. The van der Waals surface area contributed by atoms with E-state index in [2.05, 4.69) is 14.8 Å². The molecule has 32 heavy (non-hydrogen) atoms. The average Bonchev–Trinajstić information content (AvgIpc) is 3.35. The Morgan fingerprint density at radius 3 is 2.78 bits per heavy atom. The van der Waals surface area contributed by atoms with Crippen molar-refractivity contribution in [3.63, 3.8) is 0 Å². The van der Waals surface area contributed by atoms with E-state index in [0.29, 0.717) is 35.1 Å². The van der Waals surface area contributed by atoms with E-state index >= 15 is 0 Å². The third kappa shape index (κ3) is 4.67. The normalized spacial score (nSPS) is 11.8. The quantitative estimate of drug-likeness (QED) is 0.393. The number of nitrogens with one attached hydrogen (secondary N) is 1. The SMILES string of the molecule is CCCOc1ccc(S(=O)(=O)NCCc2csc3nc(-c4ccccc4F)nn23)cc1C. The van der Waals surface area contributed by atoms with Crippen molar-refractivity contribution in [3.05, 3.63) is 64.9 Å². The molecule has 2 aromatic heterocycles. The van der Waals surface area contributed by atoms with Gasteiger partial charge in [0.05, 0.1) is 22.8 Å². The van der Waals surface area contributed by atoms with Crippen LogP contribution in [0.3, 0.4) is 0 Å². The van der Waals surface area contributed by atoms with Crippen molar-refractivity contribution in [2.75, 3.05) is 13.2 Å². The monoisotopic (exact) mass is 474 g/mol. The maximum absolute atomic E-state index is 14.0. The van der Waals surface area contributed by atoms with Gasteiger partial charge in [0.25, 0.3) is 0 Å². The largest absolute Gasteiger partial charge is 0.493 e. The number of fused-ring (bicyclic) bond motifs is 1. The summed E-state index contributed by atoms with van der Waals surface area (Å²) in [7, 11) is -3.67. The number of halogens is 1. The van der Waals surface area contributed by atoms with Crippen molar-refractivity contribution in [2.45, 2.75) is 31.6 Å². The summed E-state index contributed by atoms with van der Waals surface area (Å²) >= 11 is 1.38. The van der Waals surface area contributed by atoms with Gasteiger partial charge >= 0.3 is 0 Å². The zero-order valence-corrected chi connectivity index (χ0v) is 19.3. The summed E-state index contributed by atoms with van der Waals surface area (Å²) < 4.78 is 49.3. The van der Waals surface area contributed by atoms with Crippen LogP contribution < -0.4 is 9.46 Å². The zero-order chi connectivity index (χ0) is 22.7. The maximum Gasteiger partial charge on any atom is 0.240 e. The Bertz CT molecular complexity index is 1350. The predicted molar refractivity (Wildman–Crippen MR) is 122 cm³/mol. The lowest BCUT2D eigenvalue weighted by atomic mass is 10.2. The van der Waals surface area contributed by atoms with Crippen molar-refractivity contribution in [2.24, 2.45) is 0 Å². The Morgan fingerprint density at radius 1 is 1.22 bits per heavy atom. The summed E-state index contributed by atoms with van der Waals surface area (Å²) in [4.78, 5) is 5.20. The fourth-order valence-electron chi connectivity index (χ4n) is 3.21. The number of hydrogen-bond donors (Lipinski definition) is 1. The van der Waals surface area contributed by atoms with E-state index in [1.807, 2.05) is 19.2 Å². The predicted octanol–water partition coefficient (Wildman–Crippen LogP) is 4.22. The van der Waals surface area contributed by atoms with E-state index in [9.17, 15) is 12.8 Å². The van der Waals surface area contributed by atoms with Gasteiger partial charge in [-0.05, 0) is 49.2 Å². The van der Waals surface area contributed by atoms with Gasteiger partial charge in [0.2, 0.25) is 15.0 Å². The van der Waals surface area contributed by atoms with Crippen molar-refractivity contribution in [1.29, 1.82) is 0 Å². The van der Waals surface area contributed by atoms with Crippen LogP contribution in [-0.2, 0) is 16.4 Å². The molecule has 0 radical (unpaired) electrons. The minimum Gasteiger partial charge on any atom is -0.493 e. The summed E-state index contributed by atoms with van der Waals surface area (Å²) in [5.74, 6) is 0.599. The lowest BCUT2D eigenvalue weighted by molar-refractivity contribution is 0.315. The number of benzene rings is 2. The standard InChI is InChI=1S/C22H23FN4O3S2/c1-3-12-30-20-9-8-17(13-15(20)2)32(28,29)24-11-10-16-14-31-22-25-21(26-27(16)22)18-6-4-5-7-19(18)23/h4-9,13-14,24H,3,10-12H2,1-2H3. The Kier molecular flexibility index (Phi) is 6.54. The van der Waals surface area contributed by atoms with Crippen LogP contribution in [0.2, 0.25) is 0 Å². The van der Waals surface area contributed by atoms with Gasteiger partial charge in [-0.3, -0.25) is 0 Å². The molecule has 0 saturated carbocycles. The van der Waals surface area contributed by atoms with Gasteiger partial charge in [-0.2, -0.15) is 4.98 Å². The molecular weight excluding hydrogens is 451 g/mol. The summed E-state index contributed by atoms with van der Waals surface area (Å²) in [5, 5.41) is 6.28. The average molecular weight is 475 g/mol. The van der Waals surface area contributed by atoms with E-state index in [0.717, 1.165) is 17.7 Å². The molecule has 0 aliphatic carbocycles. The van der Waals surface area contributed by atoms with E-state index in [-0.39, 0.29) is 17.3 Å². The molecular formula is C22H23FN4O3S2. The third-order valence-corrected chi connectivity index (χ3v) is 7.18. The molecule has 0 unspecified atom stereocenters. The van der Waals surface area contributed by atoms with Gasteiger partial charge in [0, 0.05) is 18.3 Å². The summed E-state index contributed by atoms with van der Waals surface area (Å²) in [5.41, 5.74) is 1.89. The molecule has 0 saturated heterocycles. The molecule has 10 heteroatoms. The van der Waals surface area contributed by atoms with Gasteiger partial charge in [-0.15, -0.1) is 16.4 Å². The summed E-state index contributed by atoms with van der Waals surface area (Å²) in [6.45, 7) is 4.61. The van der Waals surface area contributed by atoms with Crippen molar-refractivity contribution < 1.29 is 17.5 Å². The fraction of sp³-hybridized carbons (Fsp3) is 0.273. The molecule has 0 fully saturated rings. The number of aryl methyl sites for hydroxylation is 1.